The van der Waals surface area contributed by atoms with Gasteiger partial charge in [0.25, 0.3) is 0 Å². The number of amidine groups is 1. The Morgan fingerprint density at radius 3 is 2.90 bits per heavy atom. The molecule has 10 heteroatoms. The van der Waals surface area contributed by atoms with Crippen LogP contribution in [-0.2, 0) is 4.79 Å². The van der Waals surface area contributed by atoms with Crippen LogP contribution in [0.5, 0.6) is 0 Å². The molecular weight excluding hydrogens is 439 g/mol. The molecule has 3 aliphatic rings. The largest absolute Gasteiger partial charge is 0.324 e. The molecule has 7 nitrogen and oxygen atoms in total. The van der Waals surface area contributed by atoms with Crippen LogP contribution in [0.3, 0.4) is 0 Å². The van der Waals surface area contributed by atoms with Crippen molar-refractivity contribution in [2.45, 2.75) is 24.7 Å². The fourth-order valence-corrected chi connectivity index (χ4v) is 4.95. The monoisotopic (exact) mass is 458 g/mol. The lowest BCUT2D eigenvalue weighted by atomic mass is 10.00. The lowest BCUT2D eigenvalue weighted by molar-refractivity contribution is -0.113. The number of fused-ring (bicyclic) bond motifs is 3. The van der Waals surface area contributed by atoms with Crippen molar-refractivity contribution in [1.29, 1.82) is 0 Å². The molecule has 3 aliphatic heterocycles. The molecule has 2 aromatic carbocycles. The molecule has 3 atom stereocenters. The van der Waals surface area contributed by atoms with E-state index in [2.05, 4.69) is 43.3 Å². The van der Waals surface area contributed by atoms with Gasteiger partial charge in [-0.15, -0.1) is 0 Å². The van der Waals surface area contributed by atoms with Crippen molar-refractivity contribution >= 4 is 40.1 Å². The summed E-state index contributed by atoms with van der Waals surface area (Å²) in [7, 11) is 0. The fourth-order valence-electron chi connectivity index (χ4n) is 3.96. The Kier molecular flexibility index (Phi) is 5.47. The van der Waals surface area contributed by atoms with Gasteiger partial charge in [0.2, 0.25) is 5.91 Å². The zero-order valence-electron chi connectivity index (χ0n) is 16.3. The lowest BCUT2D eigenvalue weighted by Gasteiger charge is -2.36. The fraction of sp³-hybridized carbons (Fsp3) is 0.238. The standard InChI is InChI=1S/C21H20ClFN6OS/c22-15-10-14(23)6-7-16(15)24-19(30)12-31-21-26-25-20-18-11-17(13-4-2-1-3-5-13)27-29(18)9-8-28(20)21/h1-10,17-18,20,25,27H,11-12H2,(H,24,30). The van der Waals surface area contributed by atoms with E-state index in [-0.39, 0.29) is 34.9 Å². The molecule has 0 bridgehead atoms. The van der Waals surface area contributed by atoms with E-state index in [4.69, 9.17) is 11.6 Å². The first-order chi connectivity index (χ1) is 15.1. The molecule has 0 aromatic heterocycles. The first-order valence-corrected chi connectivity index (χ1v) is 11.2. The highest BCUT2D eigenvalue weighted by Crippen LogP contribution is 2.35. The van der Waals surface area contributed by atoms with Gasteiger partial charge in [-0.25, -0.2) is 9.82 Å². The number of amides is 1. The summed E-state index contributed by atoms with van der Waals surface area (Å²) < 4.78 is 13.2. The Hall–Kier alpha value is -2.75. The third-order valence-corrected chi connectivity index (χ3v) is 6.72. The van der Waals surface area contributed by atoms with Crippen molar-refractivity contribution in [3.63, 3.8) is 0 Å². The molecule has 3 N–H and O–H groups in total. The molecule has 1 saturated heterocycles. The Morgan fingerprint density at radius 1 is 1.26 bits per heavy atom. The number of thioether (sulfide) groups is 1. The van der Waals surface area contributed by atoms with E-state index in [1.807, 2.05) is 30.6 Å². The average molecular weight is 459 g/mol. The summed E-state index contributed by atoms with van der Waals surface area (Å²) in [6.45, 7) is 0. The summed E-state index contributed by atoms with van der Waals surface area (Å²) >= 11 is 7.31. The van der Waals surface area contributed by atoms with Gasteiger partial charge >= 0.3 is 0 Å². The van der Waals surface area contributed by atoms with Crippen molar-refractivity contribution in [3.8, 4) is 0 Å². The van der Waals surface area contributed by atoms with E-state index >= 15 is 0 Å². The van der Waals surface area contributed by atoms with Crippen LogP contribution in [0.2, 0.25) is 5.02 Å². The van der Waals surface area contributed by atoms with Gasteiger partial charge in [0, 0.05) is 12.4 Å². The number of hydrazone groups is 1. The van der Waals surface area contributed by atoms with E-state index in [9.17, 15) is 9.18 Å². The molecule has 0 radical (unpaired) electrons. The lowest BCUT2D eigenvalue weighted by Crippen LogP contribution is -2.54. The zero-order valence-corrected chi connectivity index (χ0v) is 17.9. The van der Waals surface area contributed by atoms with E-state index in [0.717, 1.165) is 11.6 Å². The predicted molar refractivity (Wildman–Crippen MR) is 120 cm³/mol. The van der Waals surface area contributed by atoms with Crippen LogP contribution >= 0.6 is 23.4 Å². The summed E-state index contributed by atoms with van der Waals surface area (Å²) in [4.78, 5) is 14.4. The Morgan fingerprint density at radius 2 is 2.10 bits per heavy atom. The number of hydrazine groups is 1. The number of benzene rings is 2. The number of hydrogen-bond acceptors (Lipinski definition) is 7. The smallest absolute Gasteiger partial charge is 0.234 e. The topological polar surface area (TPSA) is 72.0 Å². The molecule has 160 valence electrons. The summed E-state index contributed by atoms with van der Waals surface area (Å²) in [5, 5.41) is 10.2. The van der Waals surface area contributed by atoms with Gasteiger partial charge in [0.05, 0.1) is 28.5 Å². The van der Waals surface area contributed by atoms with Gasteiger partial charge in [-0.2, -0.15) is 5.10 Å². The van der Waals surface area contributed by atoms with Crippen LogP contribution in [0, 0.1) is 5.82 Å². The molecule has 2 aromatic rings. The van der Waals surface area contributed by atoms with Crippen LogP contribution in [0.25, 0.3) is 0 Å². The molecule has 0 spiro atoms. The van der Waals surface area contributed by atoms with Gasteiger partial charge in [0.15, 0.2) is 5.17 Å². The third kappa shape index (κ3) is 4.08. The summed E-state index contributed by atoms with van der Waals surface area (Å²) in [5.74, 6) is -0.527. The van der Waals surface area contributed by atoms with Crippen molar-refractivity contribution < 1.29 is 9.18 Å². The number of nitrogens with zero attached hydrogens (tertiary/aromatic N) is 3. The second kappa shape index (κ2) is 8.41. The molecule has 0 aliphatic carbocycles. The zero-order chi connectivity index (χ0) is 21.4. The molecule has 1 amide bonds. The predicted octanol–water partition coefficient (Wildman–Crippen LogP) is 3.46. The number of rotatable bonds is 4. The summed E-state index contributed by atoms with van der Waals surface area (Å²) in [6.07, 6.45) is 4.89. The van der Waals surface area contributed by atoms with E-state index in [1.54, 1.807) is 0 Å². The molecule has 5 rings (SSSR count). The van der Waals surface area contributed by atoms with Crippen LogP contribution in [0.15, 0.2) is 66.0 Å². The third-order valence-electron chi connectivity index (χ3n) is 5.44. The minimum Gasteiger partial charge on any atom is -0.324 e. The Labute approximate surface area is 188 Å². The number of hydrogen-bond donors (Lipinski definition) is 3. The van der Waals surface area contributed by atoms with Crippen LogP contribution in [0.4, 0.5) is 10.1 Å². The van der Waals surface area contributed by atoms with Crippen LogP contribution < -0.4 is 16.2 Å². The first kappa shape index (κ1) is 20.2. The molecule has 1 fully saturated rings. The van der Waals surface area contributed by atoms with Gasteiger partial charge in [-0.05, 0) is 30.2 Å². The highest BCUT2D eigenvalue weighted by Gasteiger charge is 2.44. The number of nitrogens with one attached hydrogen (secondary N) is 3. The van der Waals surface area contributed by atoms with Crippen LogP contribution in [0.1, 0.15) is 18.0 Å². The maximum Gasteiger partial charge on any atom is 0.234 e. The first-order valence-electron chi connectivity index (χ1n) is 9.85. The van der Waals surface area contributed by atoms with E-state index in [1.165, 1.54) is 35.5 Å². The van der Waals surface area contributed by atoms with Gasteiger partial charge in [0.1, 0.15) is 12.0 Å². The van der Waals surface area contributed by atoms with Gasteiger partial charge in [-0.3, -0.25) is 10.2 Å². The average Bonchev–Trinajstić information content (AvgIpc) is 3.39. The highest BCUT2D eigenvalue weighted by atomic mass is 35.5. The van der Waals surface area contributed by atoms with Gasteiger partial charge < -0.3 is 15.2 Å². The van der Waals surface area contributed by atoms with Crippen molar-refractivity contribution in [3.05, 3.63) is 77.3 Å². The Bertz CT molecular complexity index is 1050. The number of carbonyl (C=O) groups excluding carboxylic acids is 1. The quantitative estimate of drug-likeness (QED) is 0.651. The SMILES string of the molecule is O=C(CSC1=NNC2C3CC(c4ccccc4)NN3C=CN12)Nc1ccc(F)cc1Cl. The second-order valence-corrected chi connectivity index (χ2v) is 8.79. The second-order valence-electron chi connectivity index (χ2n) is 7.44. The molecular formula is C21H20ClFN6OS. The molecule has 3 unspecified atom stereocenters. The van der Waals surface area contributed by atoms with Crippen molar-refractivity contribution in [1.82, 2.24) is 20.8 Å². The molecule has 3 heterocycles. The normalized spacial score (nSPS) is 23.8. The number of anilines is 1. The molecule has 31 heavy (non-hydrogen) atoms. The maximum absolute atomic E-state index is 13.2. The minimum absolute atomic E-state index is 0.0108. The summed E-state index contributed by atoms with van der Waals surface area (Å²) in [5.41, 5.74) is 8.38. The van der Waals surface area contributed by atoms with E-state index in [0.29, 0.717) is 5.69 Å². The number of halogens is 2. The van der Waals surface area contributed by atoms with Gasteiger partial charge in [-0.1, -0.05) is 53.7 Å². The Balaban J connectivity index is 1.18. The minimum atomic E-state index is -0.448. The summed E-state index contributed by atoms with van der Waals surface area (Å²) in [6, 6.07) is 14.7. The number of carbonyl (C=O) groups is 1. The van der Waals surface area contributed by atoms with Crippen molar-refractivity contribution in [2.75, 3.05) is 11.1 Å². The van der Waals surface area contributed by atoms with E-state index < -0.39 is 5.82 Å². The van der Waals surface area contributed by atoms with Crippen molar-refractivity contribution in [2.24, 2.45) is 5.10 Å². The highest BCUT2D eigenvalue weighted by molar-refractivity contribution is 8.14. The molecule has 0 saturated carbocycles. The maximum atomic E-state index is 13.2. The van der Waals surface area contributed by atoms with Crippen LogP contribution in [-0.4, -0.2) is 38.9 Å².